The Hall–Kier alpha value is 0.158. The van der Waals surface area contributed by atoms with Crippen molar-refractivity contribution in [3.8, 4) is 0 Å². The molecule has 0 aromatic carbocycles. The first-order chi connectivity index (χ1) is 5.87. The van der Waals surface area contributed by atoms with Crippen LogP contribution in [0.5, 0.6) is 0 Å². The van der Waals surface area contributed by atoms with Gasteiger partial charge in [-0.1, -0.05) is 27.7 Å². The fourth-order valence-electron chi connectivity index (χ4n) is 0.684. The average Bonchev–Trinajstić information content (AvgIpc) is 1.84. The fourth-order valence-corrected chi connectivity index (χ4v) is 0.684. The van der Waals surface area contributed by atoms with Crippen LogP contribution >= 0.6 is 0 Å². The number of carbonyl (C=O) groups is 1. The van der Waals surface area contributed by atoms with Crippen molar-refractivity contribution < 1.29 is 25.9 Å². The van der Waals surface area contributed by atoms with Crippen LogP contribution < -0.4 is 5.32 Å². The SMILES string of the molecule is [CH2-]CC.[CH2-]CNC(=O)CC(C)(C)C.[W+2]. The van der Waals surface area contributed by atoms with E-state index in [0.29, 0.717) is 13.0 Å². The van der Waals surface area contributed by atoms with Gasteiger partial charge in [0.15, 0.2) is 0 Å². The number of hydrogen-bond acceptors (Lipinski definition) is 1. The van der Waals surface area contributed by atoms with Gasteiger partial charge in [-0.15, -0.1) is 6.54 Å². The zero-order chi connectivity index (χ0) is 10.9. The molecule has 0 unspecified atom stereocenters. The second-order valence-electron chi connectivity index (χ2n) is 4.09. The Morgan fingerprint density at radius 3 is 1.86 bits per heavy atom. The molecule has 0 radical (unpaired) electrons. The Kier molecular flexibility index (Phi) is 15.8. The maximum atomic E-state index is 10.9. The Labute approximate surface area is 103 Å². The van der Waals surface area contributed by atoms with Crippen molar-refractivity contribution in [1.29, 1.82) is 0 Å². The summed E-state index contributed by atoms with van der Waals surface area (Å²) in [6.07, 6.45) is 1.57. The van der Waals surface area contributed by atoms with Crippen molar-refractivity contribution in [3.63, 3.8) is 0 Å². The van der Waals surface area contributed by atoms with Crippen LogP contribution in [0, 0.1) is 19.3 Å². The molecule has 84 valence electrons. The third kappa shape index (κ3) is 22.7. The zero-order valence-corrected chi connectivity index (χ0v) is 12.8. The van der Waals surface area contributed by atoms with Crippen LogP contribution in [-0.4, -0.2) is 12.5 Å². The predicted octanol–water partition coefficient (Wildman–Crippen LogP) is 2.60. The summed E-state index contributed by atoms with van der Waals surface area (Å²) in [6, 6.07) is 0. The van der Waals surface area contributed by atoms with Crippen LogP contribution in [0.25, 0.3) is 0 Å². The number of rotatable bonds is 2. The predicted molar refractivity (Wildman–Crippen MR) is 58.1 cm³/mol. The summed E-state index contributed by atoms with van der Waals surface area (Å²) in [5.74, 6) is 0.0856. The van der Waals surface area contributed by atoms with E-state index in [4.69, 9.17) is 0 Å². The van der Waals surface area contributed by atoms with Gasteiger partial charge in [-0.25, -0.2) is 0 Å². The zero-order valence-electron chi connectivity index (χ0n) is 9.85. The van der Waals surface area contributed by atoms with Crippen molar-refractivity contribution in [1.82, 2.24) is 5.32 Å². The van der Waals surface area contributed by atoms with Gasteiger partial charge in [0.2, 0.25) is 5.91 Å². The monoisotopic (exact) mass is 369 g/mol. The molecule has 0 spiro atoms. The minimum absolute atomic E-state index is 0. The standard InChI is InChI=1S/C8H16NO.C3H7.W/c1-5-9-7(10)6-8(2,3)4;1-3-2;/h1,5-6H2,2-4H3,(H,9,10);1,3H2,2H3;/q2*-1;+2. The van der Waals surface area contributed by atoms with E-state index in [2.05, 4.69) is 19.2 Å². The fraction of sp³-hybridized carbons (Fsp3) is 0.727. The molecule has 0 aliphatic rings. The third-order valence-electron chi connectivity index (χ3n) is 1.01. The molecule has 0 fully saturated rings. The molecule has 0 aliphatic heterocycles. The summed E-state index contributed by atoms with van der Waals surface area (Å²) in [4.78, 5) is 10.9. The Bertz CT molecular complexity index is 130. The van der Waals surface area contributed by atoms with Gasteiger partial charge in [-0.2, -0.15) is 6.42 Å². The largest absolute Gasteiger partial charge is 2.00 e. The van der Waals surface area contributed by atoms with Gasteiger partial charge in [0.05, 0.1) is 0 Å². The van der Waals surface area contributed by atoms with E-state index in [1.807, 2.05) is 27.7 Å². The van der Waals surface area contributed by atoms with Crippen LogP contribution in [-0.2, 0) is 25.9 Å². The molecule has 14 heavy (non-hydrogen) atoms. The summed E-state index contributed by atoms with van der Waals surface area (Å²) < 4.78 is 0. The van der Waals surface area contributed by atoms with Crippen LogP contribution in [0.15, 0.2) is 0 Å². The summed E-state index contributed by atoms with van der Waals surface area (Å²) in [5, 5.41) is 2.65. The number of hydrogen-bond donors (Lipinski definition) is 1. The molecule has 0 aromatic heterocycles. The second kappa shape index (κ2) is 11.2. The van der Waals surface area contributed by atoms with Crippen LogP contribution in [0.2, 0.25) is 0 Å². The molecule has 1 amide bonds. The summed E-state index contributed by atoms with van der Waals surface area (Å²) in [7, 11) is 0. The van der Waals surface area contributed by atoms with Gasteiger partial charge in [0.1, 0.15) is 0 Å². The summed E-state index contributed by atoms with van der Waals surface area (Å²) >= 11 is 0. The van der Waals surface area contributed by atoms with E-state index in [0.717, 1.165) is 6.42 Å². The van der Waals surface area contributed by atoms with Gasteiger partial charge < -0.3 is 19.2 Å². The van der Waals surface area contributed by atoms with E-state index in [1.54, 1.807) is 0 Å². The smallest absolute Gasteiger partial charge is 0.386 e. The number of carbonyl (C=O) groups excluding carboxylic acids is 1. The quantitative estimate of drug-likeness (QED) is 0.745. The normalized spacial score (nSPS) is 9.29. The van der Waals surface area contributed by atoms with Gasteiger partial charge in [0, 0.05) is 6.42 Å². The maximum absolute atomic E-state index is 10.9. The molecular weight excluding hydrogens is 346 g/mol. The molecule has 0 aromatic rings. The van der Waals surface area contributed by atoms with Crippen LogP contribution in [0.3, 0.4) is 0 Å². The molecular formula is C11H23NOW. The summed E-state index contributed by atoms with van der Waals surface area (Å²) in [5.41, 5.74) is 0.0826. The van der Waals surface area contributed by atoms with E-state index in [1.165, 1.54) is 0 Å². The van der Waals surface area contributed by atoms with Crippen LogP contribution in [0.4, 0.5) is 0 Å². The Morgan fingerprint density at radius 1 is 1.29 bits per heavy atom. The molecule has 1 N–H and O–H groups in total. The summed E-state index contributed by atoms with van der Waals surface area (Å²) in [6.45, 7) is 15.6. The van der Waals surface area contributed by atoms with Gasteiger partial charge in [-0.05, 0) is 5.41 Å². The van der Waals surface area contributed by atoms with Crippen molar-refractivity contribution in [3.05, 3.63) is 13.8 Å². The topological polar surface area (TPSA) is 29.1 Å². The first-order valence-corrected chi connectivity index (χ1v) is 4.72. The van der Waals surface area contributed by atoms with E-state index < -0.39 is 0 Å². The molecule has 2 nitrogen and oxygen atoms in total. The van der Waals surface area contributed by atoms with Gasteiger partial charge in [-0.3, -0.25) is 4.79 Å². The van der Waals surface area contributed by atoms with Crippen molar-refractivity contribution in [2.24, 2.45) is 5.41 Å². The molecule has 0 bridgehead atoms. The van der Waals surface area contributed by atoms with E-state index >= 15 is 0 Å². The van der Waals surface area contributed by atoms with Crippen LogP contribution in [0.1, 0.15) is 40.5 Å². The molecule has 0 saturated carbocycles. The minimum Gasteiger partial charge on any atom is -0.386 e. The average molecular weight is 369 g/mol. The van der Waals surface area contributed by atoms with E-state index in [9.17, 15) is 4.79 Å². The molecule has 0 aliphatic carbocycles. The molecule has 0 atom stereocenters. The number of nitrogens with one attached hydrogen (secondary N) is 1. The van der Waals surface area contributed by atoms with Crippen molar-refractivity contribution in [2.75, 3.05) is 6.54 Å². The maximum Gasteiger partial charge on any atom is 2.00 e. The first-order valence-electron chi connectivity index (χ1n) is 4.72. The minimum atomic E-state index is 0. The third-order valence-corrected chi connectivity index (χ3v) is 1.01. The van der Waals surface area contributed by atoms with Gasteiger partial charge in [0.25, 0.3) is 0 Å². The van der Waals surface area contributed by atoms with Crippen molar-refractivity contribution >= 4 is 5.91 Å². The molecule has 0 heterocycles. The second-order valence-corrected chi connectivity index (χ2v) is 4.09. The molecule has 0 saturated heterocycles. The van der Waals surface area contributed by atoms with E-state index in [-0.39, 0.29) is 32.4 Å². The molecule has 3 heteroatoms. The Balaban J connectivity index is -0.000000267. The first kappa shape index (κ1) is 19.7. The Morgan fingerprint density at radius 2 is 1.64 bits per heavy atom. The number of amides is 1. The van der Waals surface area contributed by atoms with Gasteiger partial charge >= 0.3 is 21.1 Å². The van der Waals surface area contributed by atoms with Crippen molar-refractivity contribution in [2.45, 2.75) is 40.5 Å². The molecule has 0 rings (SSSR count).